The van der Waals surface area contributed by atoms with Crippen LogP contribution < -0.4 is 4.90 Å². The molecule has 1 rings (SSSR count). The maximum atomic E-state index is 11.0. The molecular weight excluding hydrogens is 190 g/mol. The number of allylic oxidation sites excluding steroid dienone is 1. The van der Waals surface area contributed by atoms with Crippen molar-refractivity contribution in [2.24, 2.45) is 0 Å². The fourth-order valence-electron chi connectivity index (χ4n) is 1.31. The van der Waals surface area contributed by atoms with Gasteiger partial charge in [-0.3, -0.25) is 4.79 Å². The van der Waals surface area contributed by atoms with Gasteiger partial charge in [0.25, 0.3) is 0 Å². The van der Waals surface area contributed by atoms with Gasteiger partial charge in [0.1, 0.15) is 0 Å². The number of rotatable bonds is 6. The lowest BCUT2D eigenvalue weighted by atomic mass is 10.3. The highest BCUT2D eigenvalue weighted by Crippen LogP contribution is 2.17. The van der Waals surface area contributed by atoms with E-state index in [9.17, 15) is 4.79 Å². The molecule has 0 atom stereocenters. The van der Waals surface area contributed by atoms with Gasteiger partial charge in [-0.05, 0) is 18.9 Å². The zero-order valence-electron chi connectivity index (χ0n) is 9.32. The molecule has 0 N–H and O–H groups in total. The first kappa shape index (κ1) is 11.6. The molecule has 0 aliphatic rings. The predicted molar refractivity (Wildman–Crippen MR) is 61.4 cm³/mol. The van der Waals surface area contributed by atoms with Gasteiger partial charge in [0.2, 0.25) is 0 Å². The van der Waals surface area contributed by atoms with Crippen LogP contribution in [0.15, 0.2) is 29.2 Å². The smallest absolute Gasteiger partial charge is 0.196 e. The SMILES string of the molecule is C=CCCCN(C)c1ccc(C(C)=O)o1. The summed E-state index contributed by atoms with van der Waals surface area (Å²) in [6.45, 7) is 6.07. The summed E-state index contributed by atoms with van der Waals surface area (Å²) in [7, 11) is 1.95. The van der Waals surface area contributed by atoms with E-state index in [1.54, 1.807) is 6.07 Å². The molecule has 0 radical (unpaired) electrons. The van der Waals surface area contributed by atoms with E-state index < -0.39 is 0 Å². The van der Waals surface area contributed by atoms with Gasteiger partial charge in [-0.15, -0.1) is 6.58 Å². The van der Waals surface area contributed by atoms with Crippen LogP contribution in [-0.4, -0.2) is 19.4 Å². The third kappa shape index (κ3) is 3.27. The molecule has 1 aromatic rings. The van der Waals surface area contributed by atoms with Gasteiger partial charge in [-0.2, -0.15) is 0 Å². The van der Waals surface area contributed by atoms with Crippen LogP contribution in [0.25, 0.3) is 0 Å². The Balaban J connectivity index is 2.53. The van der Waals surface area contributed by atoms with Crippen LogP contribution >= 0.6 is 0 Å². The van der Waals surface area contributed by atoms with E-state index in [1.807, 2.05) is 24.1 Å². The van der Waals surface area contributed by atoms with E-state index in [1.165, 1.54) is 6.92 Å². The van der Waals surface area contributed by atoms with Crippen LogP contribution in [0.1, 0.15) is 30.3 Å². The predicted octanol–water partition coefficient (Wildman–Crippen LogP) is 2.88. The van der Waals surface area contributed by atoms with E-state index in [4.69, 9.17) is 4.42 Å². The summed E-state index contributed by atoms with van der Waals surface area (Å²) >= 11 is 0. The minimum Gasteiger partial charge on any atom is -0.437 e. The van der Waals surface area contributed by atoms with Crippen molar-refractivity contribution < 1.29 is 9.21 Å². The summed E-state index contributed by atoms with van der Waals surface area (Å²) in [6.07, 6.45) is 3.93. The zero-order valence-corrected chi connectivity index (χ0v) is 9.32. The quantitative estimate of drug-likeness (QED) is 0.408. The van der Waals surface area contributed by atoms with E-state index in [0.717, 1.165) is 25.3 Å². The third-order valence-electron chi connectivity index (χ3n) is 2.22. The van der Waals surface area contributed by atoms with E-state index >= 15 is 0 Å². The van der Waals surface area contributed by atoms with Crippen molar-refractivity contribution in [1.82, 2.24) is 0 Å². The lowest BCUT2D eigenvalue weighted by Gasteiger charge is -2.14. The summed E-state index contributed by atoms with van der Waals surface area (Å²) in [5, 5.41) is 0. The Labute approximate surface area is 90.4 Å². The summed E-state index contributed by atoms with van der Waals surface area (Å²) in [6, 6.07) is 3.53. The Morgan fingerprint density at radius 1 is 1.60 bits per heavy atom. The second-order valence-electron chi connectivity index (χ2n) is 3.55. The van der Waals surface area contributed by atoms with Crippen LogP contribution in [0.3, 0.4) is 0 Å². The summed E-state index contributed by atoms with van der Waals surface area (Å²) in [5.74, 6) is 1.12. The second kappa shape index (κ2) is 5.39. The molecule has 1 heterocycles. The number of carbonyl (C=O) groups is 1. The van der Waals surface area contributed by atoms with Gasteiger partial charge in [-0.25, -0.2) is 0 Å². The van der Waals surface area contributed by atoms with E-state index in [2.05, 4.69) is 6.58 Å². The Morgan fingerprint density at radius 2 is 2.33 bits per heavy atom. The standard InChI is InChI=1S/C12H17NO2/c1-4-5-6-9-13(3)12-8-7-11(15-12)10(2)14/h4,7-8H,1,5-6,9H2,2-3H3. The fraction of sp³-hybridized carbons (Fsp3) is 0.417. The highest BCUT2D eigenvalue weighted by Gasteiger charge is 2.08. The van der Waals surface area contributed by atoms with Crippen molar-refractivity contribution in [2.45, 2.75) is 19.8 Å². The first-order valence-corrected chi connectivity index (χ1v) is 5.08. The van der Waals surface area contributed by atoms with Crippen molar-refractivity contribution in [3.63, 3.8) is 0 Å². The number of furan rings is 1. The van der Waals surface area contributed by atoms with Crippen molar-refractivity contribution in [3.05, 3.63) is 30.5 Å². The number of hydrogen-bond acceptors (Lipinski definition) is 3. The first-order valence-electron chi connectivity index (χ1n) is 5.08. The molecule has 0 aliphatic carbocycles. The van der Waals surface area contributed by atoms with Crippen LogP contribution in [-0.2, 0) is 0 Å². The van der Waals surface area contributed by atoms with Crippen molar-refractivity contribution in [3.8, 4) is 0 Å². The van der Waals surface area contributed by atoms with Gasteiger partial charge in [0.05, 0.1) is 0 Å². The van der Waals surface area contributed by atoms with Crippen molar-refractivity contribution in [2.75, 3.05) is 18.5 Å². The minimum atomic E-state index is -0.0410. The second-order valence-corrected chi connectivity index (χ2v) is 3.55. The fourth-order valence-corrected chi connectivity index (χ4v) is 1.31. The Morgan fingerprint density at radius 3 is 2.87 bits per heavy atom. The van der Waals surface area contributed by atoms with Gasteiger partial charge in [0.15, 0.2) is 17.4 Å². The largest absolute Gasteiger partial charge is 0.437 e. The monoisotopic (exact) mass is 207 g/mol. The van der Waals surface area contributed by atoms with Gasteiger partial charge >= 0.3 is 0 Å². The molecule has 0 unspecified atom stereocenters. The van der Waals surface area contributed by atoms with E-state index in [-0.39, 0.29) is 5.78 Å². The number of Topliss-reactive ketones (excluding diaryl/α,β-unsaturated/α-hetero) is 1. The number of unbranched alkanes of at least 4 members (excludes halogenated alkanes) is 1. The van der Waals surface area contributed by atoms with Crippen LogP contribution in [0, 0.1) is 0 Å². The average Bonchev–Trinajstić information content (AvgIpc) is 2.66. The van der Waals surface area contributed by atoms with Crippen molar-refractivity contribution >= 4 is 11.7 Å². The molecule has 3 nitrogen and oxygen atoms in total. The molecule has 0 spiro atoms. The molecule has 3 heteroatoms. The van der Waals surface area contributed by atoms with Crippen molar-refractivity contribution in [1.29, 1.82) is 0 Å². The lowest BCUT2D eigenvalue weighted by molar-refractivity contribution is 0.0988. The molecule has 0 amide bonds. The van der Waals surface area contributed by atoms with Crippen LogP contribution in [0.4, 0.5) is 5.88 Å². The minimum absolute atomic E-state index is 0.0410. The average molecular weight is 207 g/mol. The van der Waals surface area contributed by atoms with Crippen LogP contribution in [0.2, 0.25) is 0 Å². The Bertz CT molecular complexity index is 341. The first-order chi connectivity index (χ1) is 7.15. The maximum Gasteiger partial charge on any atom is 0.196 e. The summed E-state index contributed by atoms with van der Waals surface area (Å²) in [5.41, 5.74) is 0. The molecule has 82 valence electrons. The molecule has 0 bridgehead atoms. The topological polar surface area (TPSA) is 33.5 Å². The normalized spacial score (nSPS) is 10.0. The maximum absolute atomic E-state index is 11.0. The number of hydrogen-bond donors (Lipinski definition) is 0. The Hall–Kier alpha value is -1.51. The molecule has 15 heavy (non-hydrogen) atoms. The highest BCUT2D eigenvalue weighted by atomic mass is 16.4. The molecule has 0 saturated heterocycles. The van der Waals surface area contributed by atoms with Gasteiger partial charge in [0, 0.05) is 26.6 Å². The highest BCUT2D eigenvalue weighted by molar-refractivity contribution is 5.91. The van der Waals surface area contributed by atoms with Crippen LogP contribution in [0.5, 0.6) is 0 Å². The molecule has 0 aliphatic heterocycles. The molecular formula is C12H17NO2. The number of ketones is 1. The summed E-state index contributed by atoms with van der Waals surface area (Å²) in [4.78, 5) is 13.0. The lowest BCUT2D eigenvalue weighted by Crippen LogP contribution is -2.17. The zero-order chi connectivity index (χ0) is 11.3. The van der Waals surface area contributed by atoms with Gasteiger partial charge < -0.3 is 9.32 Å². The molecule has 0 saturated carbocycles. The number of anilines is 1. The number of nitrogens with zero attached hydrogens (tertiary/aromatic N) is 1. The molecule has 0 aromatic carbocycles. The molecule has 1 aromatic heterocycles. The number of carbonyl (C=O) groups excluding carboxylic acids is 1. The van der Waals surface area contributed by atoms with Gasteiger partial charge in [-0.1, -0.05) is 6.08 Å². The van der Waals surface area contributed by atoms with E-state index in [0.29, 0.717) is 5.76 Å². The molecule has 0 fully saturated rings. The summed E-state index contributed by atoms with van der Waals surface area (Å²) < 4.78 is 5.39. The third-order valence-corrected chi connectivity index (χ3v) is 2.22. The Kier molecular flexibility index (Phi) is 4.16.